The van der Waals surface area contributed by atoms with Crippen LogP contribution in [0, 0.1) is 6.92 Å². The van der Waals surface area contributed by atoms with Crippen LogP contribution in [0.4, 0.5) is 5.69 Å². The summed E-state index contributed by atoms with van der Waals surface area (Å²) in [6, 6.07) is 16.3. The third-order valence-electron chi connectivity index (χ3n) is 4.24. The van der Waals surface area contributed by atoms with E-state index in [0.29, 0.717) is 22.7 Å². The Morgan fingerprint density at radius 2 is 1.75 bits per heavy atom. The van der Waals surface area contributed by atoms with Crippen molar-refractivity contribution >= 4 is 17.6 Å². The van der Waals surface area contributed by atoms with Crippen molar-refractivity contribution < 1.29 is 19.1 Å². The minimum atomic E-state index is -0.964. The zero-order valence-corrected chi connectivity index (χ0v) is 15.9. The molecule has 0 aliphatic carbocycles. The molecule has 1 heterocycles. The molecule has 3 aromatic rings. The third-order valence-corrected chi connectivity index (χ3v) is 4.24. The maximum absolute atomic E-state index is 12.5. The van der Waals surface area contributed by atoms with Crippen LogP contribution in [0.15, 0.2) is 60.8 Å². The number of esters is 1. The van der Waals surface area contributed by atoms with Gasteiger partial charge >= 0.3 is 5.97 Å². The first-order valence-electron chi connectivity index (χ1n) is 8.75. The van der Waals surface area contributed by atoms with Crippen molar-refractivity contribution in [2.24, 2.45) is 0 Å². The number of aromatic nitrogens is 2. The minimum Gasteiger partial charge on any atom is -0.497 e. The van der Waals surface area contributed by atoms with Crippen molar-refractivity contribution in [3.05, 3.63) is 72.1 Å². The predicted octanol–water partition coefficient (Wildman–Crippen LogP) is 3.37. The number of ether oxygens (including phenoxy) is 2. The van der Waals surface area contributed by atoms with Crippen LogP contribution in [0.5, 0.6) is 5.75 Å². The number of anilines is 1. The molecule has 0 fully saturated rings. The summed E-state index contributed by atoms with van der Waals surface area (Å²) in [5.74, 6) is -0.341. The van der Waals surface area contributed by atoms with Gasteiger partial charge in [0.1, 0.15) is 11.3 Å². The van der Waals surface area contributed by atoms with Crippen LogP contribution in [-0.2, 0) is 9.53 Å². The Hall–Kier alpha value is -3.61. The van der Waals surface area contributed by atoms with Gasteiger partial charge in [-0.2, -0.15) is 5.10 Å². The van der Waals surface area contributed by atoms with E-state index in [1.807, 2.05) is 30.3 Å². The molecule has 0 bridgehead atoms. The van der Waals surface area contributed by atoms with Crippen molar-refractivity contribution in [1.82, 2.24) is 9.78 Å². The number of nitrogens with one attached hydrogen (secondary N) is 1. The van der Waals surface area contributed by atoms with Gasteiger partial charge in [0.2, 0.25) is 0 Å². The second kappa shape index (κ2) is 8.39. The molecule has 0 radical (unpaired) electrons. The summed E-state index contributed by atoms with van der Waals surface area (Å²) in [6.45, 7) is 3.30. The van der Waals surface area contributed by atoms with Gasteiger partial charge in [0.15, 0.2) is 6.10 Å². The number of carbonyl (C=O) groups is 2. The molecule has 3 rings (SSSR count). The number of nitrogens with zero attached hydrogens (tertiary/aromatic N) is 2. The summed E-state index contributed by atoms with van der Waals surface area (Å²) in [7, 11) is 1.57. The Morgan fingerprint density at radius 3 is 2.39 bits per heavy atom. The molecular formula is C21H21N3O4. The van der Waals surface area contributed by atoms with Crippen LogP contribution in [0.25, 0.3) is 5.69 Å². The van der Waals surface area contributed by atoms with Gasteiger partial charge in [-0.25, -0.2) is 9.48 Å². The number of hydrogen-bond acceptors (Lipinski definition) is 5. The fourth-order valence-electron chi connectivity index (χ4n) is 2.64. The molecule has 7 nitrogen and oxygen atoms in total. The van der Waals surface area contributed by atoms with Crippen molar-refractivity contribution in [1.29, 1.82) is 0 Å². The summed E-state index contributed by atoms with van der Waals surface area (Å²) in [5, 5.41) is 6.95. The molecule has 28 heavy (non-hydrogen) atoms. The lowest BCUT2D eigenvalue weighted by atomic mass is 10.2. The van der Waals surface area contributed by atoms with E-state index in [2.05, 4.69) is 10.4 Å². The van der Waals surface area contributed by atoms with E-state index in [0.717, 1.165) is 5.69 Å². The zero-order valence-electron chi connectivity index (χ0n) is 15.9. The third kappa shape index (κ3) is 4.20. The summed E-state index contributed by atoms with van der Waals surface area (Å²) >= 11 is 0. The number of para-hydroxylation sites is 1. The molecular weight excluding hydrogens is 358 g/mol. The van der Waals surface area contributed by atoms with Gasteiger partial charge in [-0.15, -0.1) is 0 Å². The molecule has 0 aliphatic rings. The number of carbonyl (C=O) groups excluding carboxylic acids is 2. The standard InChI is InChI=1S/C21H21N3O4/c1-14-19(13-22-24(14)17-7-5-4-6-8-17)21(26)28-15(2)20(25)23-16-9-11-18(27-3)12-10-16/h4-13,15H,1-3H3,(H,23,25). The predicted molar refractivity (Wildman–Crippen MR) is 105 cm³/mol. The van der Waals surface area contributed by atoms with Crippen molar-refractivity contribution in [3.8, 4) is 11.4 Å². The highest BCUT2D eigenvalue weighted by Crippen LogP contribution is 2.17. The summed E-state index contributed by atoms with van der Waals surface area (Å²) in [4.78, 5) is 24.8. The second-order valence-corrected chi connectivity index (χ2v) is 6.16. The quantitative estimate of drug-likeness (QED) is 0.664. The van der Waals surface area contributed by atoms with E-state index in [9.17, 15) is 9.59 Å². The second-order valence-electron chi connectivity index (χ2n) is 6.16. The van der Waals surface area contributed by atoms with Gasteiger partial charge in [-0.3, -0.25) is 4.79 Å². The molecule has 2 aromatic carbocycles. The number of amides is 1. The van der Waals surface area contributed by atoms with E-state index in [-0.39, 0.29) is 0 Å². The van der Waals surface area contributed by atoms with E-state index in [1.54, 1.807) is 43.0 Å². The normalized spacial score (nSPS) is 11.5. The Morgan fingerprint density at radius 1 is 1.07 bits per heavy atom. The number of hydrogen-bond donors (Lipinski definition) is 1. The fourth-order valence-corrected chi connectivity index (χ4v) is 2.64. The summed E-state index contributed by atoms with van der Waals surface area (Å²) in [5.41, 5.74) is 2.37. The molecule has 1 amide bonds. The SMILES string of the molecule is COc1ccc(NC(=O)C(C)OC(=O)c2cnn(-c3ccccc3)c2C)cc1. The maximum atomic E-state index is 12.5. The van der Waals surface area contributed by atoms with Crippen LogP contribution in [0.3, 0.4) is 0 Å². The molecule has 0 spiro atoms. The fraction of sp³-hybridized carbons (Fsp3) is 0.190. The zero-order chi connectivity index (χ0) is 20.1. The van der Waals surface area contributed by atoms with E-state index in [4.69, 9.17) is 9.47 Å². The topological polar surface area (TPSA) is 82.4 Å². The highest BCUT2D eigenvalue weighted by molar-refractivity contribution is 5.97. The van der Waals surface area contributed by atoms with Gasteiger partial charge in [0.25, 0.3) is 5.91 Å². The van der Waals surface area contributed by atoms with Crippen LogP contribution in [-0.4, -0.2) is 34.9 Å². The van der Waals surface area contributed by atoms with Crippen molar-refractivity contribution in [3.63, 3.8) is 0 Å². The molecule has 0 aliphatic heterocycles. The molecule has 0 saturated carbocycles. The van der Waals surface area contributed by atoms with Gasteiger partial charge in [-0.05, 0) is 50.2 Å². The van der Waals surface area contributed by atoms with Gasteiger partial charge in [0.05, 0.1) is 24.7 Å². The molecule has 144 valence electrons. The molecule has 0 saturated heterocycles. The lowest BCUT2D eigenvalue weighted by molar-refractivity contribution is -0.123. The van der Waals surface area contributed by atoms with Crippen LogP contribution < -0.4 is 10.1 Å². The monoisotopic (exact) mass is 379 g/mol. The summed E-state index contributed by atoms with van der Waals surface area (Å²) in [6.07, 6.45) is 0.479. The van der Waals surface area contributed by atoms with Crippen LogP contribution in [0.2, 0.25) is 0 Å². The first kappa shape index (κ1) is 19.2. The van der Waals surface area contributed by atoms with Gasteiger partial charge in [0, 0.05) is 5.69 Å². The molecule has 1 aromatic heterocycles. The van der Waals surface area contributed by atoms with Crippen LogP contribution >= 0.6 is 0 Å². The maximum Gasteiger partial charge on any atom is 0.342 e. The molecule has 7 heteroatoms. The van der Waals surface area contributed by atoms with Crippen LogP contribution in [0.1, 0.15) is 23.0 Å². The Kier molecular flexibility index (Phi) is 5.74. The smallest absolute Gasteiger partial charge is 0.342 e. The minimum absolute atomic E-state index is 0.313. The molecule has 1 atom stereocenters. The highest BCUT2D eigenvalue weighted by atomic mass is 16.5. The first-order chi connectivity index (χ1) is 13.5. The number of methoxy groups -OCH3 is 1. The van der Waals surface area contributed by atoms with E-state index < -0.39 is 18.0 Å². The number of rotatable bonds is 6. The lowest BCUT2D eigenvalue weighted by Gasteiger charge is -2.13. The summed E-state index contributed by atoms with van der Waals surface area (Å²) < 4.78 is 12.0. The number of benzene rings is 2. The average molecular weight is 379 g/mol. The molecule has 1 N–H and O–H groups in total. The van der Waals surface area contributed by atoms with E-state index in [1.165, 1.54) is 13.1 Å². The van der Waals surface area contributed by atoms with Crippen molar-refractivity contribution in [2.75, 3.05) is 12.4 Å². The Bertz CT molecular complexity index is 965. The highest BCUT2D eigenvalue weighted by Gasteiger charge is 2.22. The van der Waals surface area contributed by atoms with Gasteiger partial charge in [-0.1, -0.05) is 18.2 Å². The van der Waals surface area contributed by atoms with E-state index >= 15 is 0 Å². The Balaban J connectivity index is 1.65. The van der Waals surface area contributed by atoms with Gasteiger partial charge < -0.3 is 14.8 Å². The lowest BCUT2D eigenvalue weighted by Crippen LogP contribution is -2.30. The first-order valence-corrected chi connectivity index (χ1v) is 8.75. The Labute approximate surface area is 162 Å². The molecule has 1 unspecified atom stereocenters. The largest absolute Gasteiger partial charge is 0.497 e. The van der Waals surface area contributed by atoms with Crippen molar-refractivity contribution in [2.45, 2.75) is 20.0 Å². The average Bonchev–Trinajstić information content (AvgIpc) is 3.10.